The van der Waals surface area contributed by atoms with Crippen molar-refractivity contribution < 1.29 is 31.1 Å². The third-order valence-electron chi connectivity index (χ3n) is 9.04. The number of fused-ring (bicyclic) bond motifs is 1. The topological polar surface area (TPSA) is 147 Å². The number of piperidine rings is 1. The van der Waals surface area contributed by atoms with E-state index < -0.39 is 37.3 Å². The Morgan fingerprint density at radius 2 is 1.52 bits per heavy atom. The summed E-state index contributed by atoms with van der Waals surface area (Å²) >= 11 is 0. The molecule has 54 heavy (non-hydrogen) atoms. The first kappa shape index (κ1) is 36.5. The Morgan fingerprint density at radius 3 is 2.28 bits per heavy atom. The van der Waals surface area contributed by atoms with Crippen LogP contribution in [-0.2, 0) is 20.0 Å². The Labute approximate surface area is 311 Å². The summed E-state index contributed by atoms with van der Waals surface area (Å²) in [4.78, 5) is 18.3. The predicted molar refractivity (Wildman–Crippen MR) is 206 cm³/mol. The molecule has 7 rings (SSSR count). The van der Waals surface area contributed by atoms with Crippen LogP contribution in [0, 0.1) is 12.7 Å². The average molecular weight is 767 g/mol. The van der Waals surface area contributed by atoms with Gasteiger partial charge in [-0.3, -0.25) is 14.5 Å². The number of hydrogen-bond donors (Lipinski definition) is 2. The molecule has 5 aromatic carbocycles. The summed E-state index contributed by atoms with van der Waals surface area (Å²) in [5.41, 5.74) is 0.283. The molecule has 14 heteroatoms. The summed E-state index contributed by atoms with van der Waals surface area (Å²) in [5, 5.41) is 12.3. The summed E-state index contributed by atoms with van der Waals surface area (Å²) in [5.74, 6) is -0.588. The van der Waals surface area contributed by atoms with Crippen LogP contribution in [0.1, 0.15) is 30.4 Å². The lowest BCUT2D eigenvalue weighted by Crippen LogP contribution is -2.35. The zero-order valence-corrected chi connectivity index (χ0v) is 30.6. The van der Waals surface area contributed by atoms with Gasteiger partial charge in [0.25, 0.3) is 15.6 Å². The maximum atomic E-state index is 14.3. The number of aliphatic imine (C=N–C) groups is 1. The monoisotopic (exact) mass is 766 g/mol. The van der Waals surface area contributed by atoms with Crippen LogP contribution in [0.3, 0.4) is 0 Å². The quantitative estimate of drug-likeness (QED) is 0.136. The van der Waals surface area contributed by atoms with E-state index in [0.29, 0.717) is 24.2 Å². The van der Waals surface area contributed by atoms with E-state index in [1.54, 1.807) is 30.3 Å². The molecule has 0 aliphatic carbocycles. The molecule has 6 aromatic rings. The first-order valence-electron chi connectivity index (χ1n) is 17.1. The fourth-order valence-corrected chi connectivity index (χ4v) is 8.95. The van der Waals surface area contributed by atoms with E-state index in [9.17, 15) is 31.1 Å². The molecule has 1 aromatic heterocycles. The Balaban J connectivity index is 1.34. The van der Waals surface area contributed by atoms with E-state index in [0.717, 1.165) is 35.5 Å². The molecule has 11 nitrogen and oxygen atoms in total. The number of pyridine rings is 1. The van der Waals surface area contributed by atoms with Crippen LogP contribution in [0.25, 0.3) is 16.5 Å². The first-order chi connectivity index (χ1) is 25.9. The normalized spacial score (nSPS) is 14.0. The molecule has 0 atom stereocenters. The number of rotatable bonds is 10. The molecule has 2 N–H and O–H groups in total. The largest absolute Gasteiger partial charge is 0.494 e. The number of halogens is 1. The molecule has 276 valence electrons. The van der Waals surface area contributed by atoms with Crippen LogP contribution >= 0.6 is 0 Å². The Morgan fingerprint density at radius 1 is 0.796 bits per heavy atom. The van der Waals surface area contributed by atoms with Gasteiger partial charge in [0.05, 0.1) is 26.7 Å². The molecule has 2 heterocycles. The van der Waals surface area contributed by atoms with Crippen molar-refractivity contribution in [1.82, 2.24) is 8.87 Å². The summed E-state index contributed by atoms with van der Waals surface area (Å²) in [7, 11) is -8.19. The predicted octanol–water partition coefficient (Wildman–Crippen LogP) is 7.66. The third kappa shape index (κ3) is 7.36. The van der Waals surface area contributed by atoms with Crippen molar-refractivity contribution in [2.75, 3.05) is 17.8 Å². The van der Waals surface area contributed by atoms with Gasteiger partial charge in [0.15, 0.2) is 5.75 Å². The SMILES string of the molecule is Cc1cccc(Oc2ccc(S(=O)(=O)N3CCCCC3)cc2N=Cc2c(O)n(-c3cccc(S(=O)(=O)Nc4ccccc4F)c3)c(=O)c3ccccc23)c1. The van der Waals surface area contributed by atoms with Crippen molar-refractivity contribution in [3.8, 4) is 23.1 Å². The van der Waals surface area contributed by atoms with Gasteiger partial charge in [-0.25, -0.2) is 25.8 Å². The van der Waals surface area contributed by atoms with E-state index in [4.69, 9.17) is 4.74 Å². The minimum absolute atomic E-state index is 0.00686. The van der Waals surface area contributed by atoms with Gasteiger partial charge in [-0.1, -0.05) is 55.0 Å². The number of sulfonamides is 2. The lowest BCUT2D eigenvalue weighted by molar-refractivity contribution is 0.346. The highest BCUT2D eigenvalue weighted by Gasteiger charge is 2.27. The van der Waals surface area contributed by atoms with Crippen molar-refractivity contribution in [1.29, 1.82) is 0 Å². The maximum Gasteiger partial charge on any atom is 0.265 e. The van der Waals surface area contributed by atoms with Gasteiger partial charge in [0.1, 0.15) is 17.3 Å². The number of hydrogen-bond acceptors (Lipinski definition) is 8. The number of aromatic hydroxyl groups is 1. The molecular weight excluding hydrogens is 732 g/mol. The number of aryl methyl sites for hydroxylation is 1. The van der Waals surface area contributed by atoms with Gasteiger partial charge in [-0.15, -0.1) is 0 Å². The third-order valence-corrected chi connectivity index (χ3v) is 12.3. The van der Waals surface area contributed by atoms with Crippen molar-refractivity contribution >= 4 is 48.4 Å². The Hall–Kier alpha value is -5.83. The van der Waals surface area contributed by atoms with E-state index in [-0.39, 0.29) is 43.6 Å². The molecule has 0 radical (unpaired) electrons. The van der Waals surface area contributed by atoms with Gasteiger partial charge in [-0.2, -0.15) is 4.31 Å². The number of benzene rings is 5. The smallest absolute Gasteiger partial charge is 0.265 e. The first-order valence-corrected chi connectivity index (χ1v) is 20.0. The molecule has 0 spiro atoms. The van der Waals surface area contributed by atoms with Crippen LogP contribution in [0.4, 0.5) is 15.8 Å². The van der Waals surface area contributed by atoms with Crippen molar-refractivity contribution in [3.63, 3.8) is 0 Å². The van der Waals surface area contributed by atoms with E-state index in [1.807, 2.05) is 25.1 Å². The highest BCUT2D eigenvalue weighted by molar-refractivity contribution is 7.92. The van der Waals surface area contributed by atoms with Crippen LogP contribution < -0.4 is 15.0 Å². The maximum absolute atomic E-state index is 14.3. The number of para-hydroxylation sites is 1. The zero-order chi connectivity index (χ0) is 38.0. The van der Waals surface area contributed by atoms with E-state index in [2.05, 4.69) is 9.71 Å². The molecule has 1 aliphatic rings. The molecule has 0 saturated carbocycles. The molecule has 0 bridgehead atoms. The van der Waals surface area contributed by atoms with Gasteiger partial charge in [0, 0.05) is 30.1 Å². The summed E-state index contributed by atoms with van der Waals surface area (Å²) in [6.07, 6.45) is 3.79. The van der Waals surface area contributed by atoms with Gasteiger partial charge < -0.3 is 9.84 Å². The number of anilines is 1. The lowest BCUT2D eigenvalue weighted by atomic mass is 10.1. The molecule has 1 fully saturated rings. The summed E-state index contributed by atoms with van der Waals surface area (Å²) in [6.45, 7) is 2.73. The second kappa shape index (κ2) is 14.9. The average Bonchev–Trinajstić information content (AvgIpc) is 3.16. The van der Waals surface area contributed by atoms with Crippen molar-refractivity contribution in [2.24, 2.45) is 4.99 Å². The van der Waals surface area contributed by atoms with Crippen LogP contribution in [-0.4, -0.2) is 50.1 Å². The number of nitrogens with zero attached hydrogens (tertiary/aromatic N) is 3. The number of aromatic nitrogens is 1. The second-order valence-corrected chi connectivity index (χ2v) is 16.4. The van der Waals surface area contributed by atoms with Gasteiger partial charge in [-0.05, 0) is 92.1 Å². The number of nitrogens with one attached hydrogen (secondary N) is 1. The Bertz CT molecular complexity index is 2710. The minimum atomic E-state index is -4.33. The lowest BCUT2D eigenvalue weighted by Gasteiger charge is -2.26. The zero-order valence-electron chi connectivity index (χ0n) is 29.0. The number of ether oxygens (including phenoxy) is 1. The molecule has 1 aliphatic heterocycles. The van der Waals surface area contributed by atoms with Crippen LogP contribution in [0.15, 0.2) is 135 Å². The van der Waals surface area contributed by atoms with Crippen molar-refractivity contribution in [2.45, 2.75) is 36.0 Å². The van der Waals surface area contributed by atoms with Crippen molar-refractivity contribution in [3.05, 3.63) is 143 Å². The highest BCUT2D eigenvalue weighted by atomic mass is 32.2. The summed E-state index contributed by atoms with van der Waals surface area (Å²) in [6, 6.07) is 28.9. The standard InChI is InChI=1S/C40H35FN4O7S2/c1-27-11-9-13-29(23-27)52-38-20-19-31(54(50,51)44-21-7-2-8-22-44)25-37(38)42-26-34-32-15-3-4-16-33(32)39(46)45(40(34)47)28-12-10-14-30(24-28)53(48,49)43-36-18-6-5-17-35(36)41/h3-6,9-20,23-26,43,47H,2,7-8,21-22H2,1H3. The molecule has 0 amide bonds. The molecule has 0 unspecified atom stereocenters. The molecular formula is C40H35FN4O7S2. The Kier molecular flexibility index (Phi) is 10.1. The van der Waals surface area contributed by atoms with Crippen LogP contribution in [0.2, 0.25) is 0 Å². The fourth-order valence-electron chi connectivity index (χ4n) is 6.31. The van der Waals surface area contributed by atoms with E-state index >= 15 is 0 Å². The minimum Gasteiger partial charge on any atom is -0.494 e. The van der Waals surface area contributed by atoms with Gasteiger partial charge in [0.2, 0.25) is 15.9 Å². The van der Waals surface area contributed by atoms with Crippen LogP contribution in [0.5, 0.6) is 17.4 Å². The summed E-state index contributed by atoms with van der Waals surface area (Å²) < 4.78 is 79.2. The second-order valence-electron chi connectivity index (χ2n) is 12.8. The van der Waals surface area contributed by atoms with E-state index in [1.165, 1.54) is 71.2 Å². The highest BCUT2D eigenvalue weighted by Crippen LogP contribution is 2.36. The van der Waals surface area contributed by atoms with Gasteiger partial charge >= 0.3 is 0 Å². The molecule has 1 saturated heterocycles. The fraction of sp³-hybridized carbons (Fsp3) is 0.150.